The van der Waals surface area contributed by atoms with Crippen LogP contribution < -0.4 is 4.74 Å². The van der Waals surface area contributed by atoms with E-state index >= 15 is 0 Å². The second-order valence-electron chi connectivity index (χ2n) is 3.62. The molecule has 0 aliphatic rings. The molecule has 2 N–H and O–H groups in total. The summed E-state index contributed by atoms with van der Waals surface area (Å²) >= 11 is 1.18. The Morgan fingerprint density at radius 2 is 2.28 bits per heavy atom. The smallest absolute Gasteiger partial charge is 0.176 e. The van der Waals surface area contributed by atoms with Crippen molar-refractivity contribution < 1.29 is 24.1 Å². The lowest BCUT2D eigenvalue weighted by molar-refractivity contribution is 0.101. The van der Waals surface area contributed by atoms with Gasteiger partial charge in [-0.05, 0) is 18.2 Å². The molecule has 1 atom stereocenters. The summed E-state index contributed by atoms with van der Waals surface area (Å²) in [7, 11) is 1.41. The number of benzene rings is 1. The lowest BCUT2D eigenvalue weighted by Gasteiger charge is -2.09. The Hall–Kier alpha value is -1.11. The largest absolute Gasteiger partial charge is 0.496 e. The summed E-state index contributed by atoms with van der Waals surface area (Å²) in [5.74, 6) is -0.109. The predicted octanol–water partition coefficient (Wildman–Crippen LogP) is 1.10. The molecule has 18 heavy (non-hydrogen) atoms. The van der Waals surface area contributed by atoms with Crippen molar-refractivity contribution in [3.8, 4) is 5.75 Å². The van der Waals surface area contributed by atoms with E-state index < -0.39 is 11.9 Å². The van der Waals surface area contributed by atoms with Gasteiger partial charge < -0.3 is 14.9 Å². The molecule has 4 nitrogen and oxygen atoms in total. The lowest BCUT2D eigenvalue weighted by Crippen LogP contribution is -2.16. The van der Waals surface area contributed by atoms with Gasteiger partial charge in [-0.1, -0.05) is 0 Å². The summed E-state index contributed by atoms with van der Waals surface area (Å²) in [6.07, 6.45) is -0.850. The fourth-order valence-corrected chi connectivity index (χ4v) is 2.15. The summed E-state index contributed by atoms with van der Waals surface area (Å²) in [4.78, 5) is 11.8. The third-order valence-electron chi connectivity index (χ3n) is 2.22. The fraction of sp³-hybridized carbons (Fsp3) is 0.417. The molecule has 1 aromatic carbocycles. The molecule has 100 valence electrons. The number of ketones is 1. The Labute approximate surface area is 109 Å². The van der Waals surface area contributed by atoms with Gasteiger partial charge in [0.2, 0.25) is 0 Å². The van der Waals surface area contributed by atoms with Gasteiger partial charge in [0, 0.05) is 5.75 Å². The minimum atomic E-state index is -0.850. The monoisotopic (exact) mass is 274 g/mol. The summed E-state index contributed by atoms with van der Waals surface area (Å²) in [6.45, 7) is -0.343. The van der Waals surface area contributed by atoms with E-state index in [9.17, 15) is 9.18 Å². The average Bonchev–Trinajstić information content (AvgIpc) is 2.38. The van der Waals surface area contributed by atoms with Crippen molar-refractivity contribution in [3.05, 3.63) is 29.6 Å². The van der Waals surface area contributed by atoms with Crippen molar-refractivity contribution in [1.82, 2.24) is 0 Å². The first kappa shape index (κ1) is 14.9. The van der Waals surface area contributed by atoms with Gasteiger partial charge in [0.1, 0.15) is 11.6 Å². The highest BCUT2D eigenvalue weighted by Crippen LogP contribution is 2.21. The van der Waals surface area contributed by atoms with Gasteiger partial charge in [-0.2, -0.15) is 11.8 Å². The maximum absolute atomic E-state index is 13.1. The molecule has 0 aromatic heterocycles. The molecule has 0 saturated carbocycles. The molecule has 0 aliphatic carbocycles. The van der Waals surface area contributed by atoms with E-state index in [0.717, 1.165) is 6.07 Å². The molecule has 1 rings (SSSR count). The topological polar surface area (TPSA) is 66.8 Å². The number of carbonyl (C=O) groups is 1. The van der Waals surface area contributed by atoms with Crippen LogP contribution in [0.1, 0.15) is 10.4 Å². The third-order valence-corrected chi connectivity index (χ3v) is 3.30. The van der Waals surface area contributed by atoms with E-state index in [0.29, 0.717) is 5.75 Å². The summed E-state index contributed by atoms with van der Waals surface area (Å²) in [5, 5.41) is 17.7. The van der Waals surface area contributed by atoms with Crippen molar-refractivity contribution in [2.45, 2.75) is 6.10 Å². The number of ether oxygens (including phenoxy) is 1. The molecule has 1 aromatic rings. The van der Waals surface area contributed by atoms with Crippen LogP contribution in [0, 0.1) is 5.82 Å². The van der Waals surface area contributed by atoms with Crippen LogP contribution in [0.5, 0.6) is 5.75 Å². The SMILES string of the molecule is COc1ccc(F)cc1C(=O)CSCC(O)CO. The normalized spacial score (nSPS) is 12.2. The summed E-state index contributed by atoms with van der Waals surface area (Å²) < 4.78 is 18.0. The van der Waals surface area contributed by atoms with E-state index in [1.807, 2.05) is 0 Å². The highest BCUT2D eigenvalue weighted by Gasteiger charge is 2.14. The standard InChI is InChI=1S/C12H15FO4S/c1-17-12-3-2-8(13)4-10(12)11(16)7-18-6-9(15)5-14/h2-4,9,14-15H,5-7H2,1H3. The molecule has 0 fully saturated rings. The molecule has 0 saturated heterocycles. The van der Waals surface area contributed by atoms with Gasteiger partial charge in [-0.25, -0.2) is 4.39 Å². The van der Waals surface area contributed by atoms with Crippen molar-refractivity contribution in [2.75, 3.05) is 25.2 Å². The number of hydrogen-bond acceptors (Lipinski definition) is 5. The molecule has 6 heteroatoms. The van der Waals surface area contributed by atoms with Gasteiger partial charge in [-0.15, -0.1) is 0 Å². The number of aliphatic hydroxyl groups is 2. The molecular weight excluding hydrogens is 259 g/mol. The molecule has 0 spiro atoms. The Balaban J connectivity index is 2.63. The Morgan fingerprint density at radius 1 is 1.56 bits per heavy atom. The maximum atomic E-state index is 13.1. The van der Waals surface area contributed by atoms with Gasteiger partial charge in [-0.3, -0.25) is 4.79 Å². The van der Waals surface area contributed by atoms with Crippen LogP contribution in [0.2, 0.25) is 0 Å². The maximum Gasteiger partial charge on any atom is 0.176 e. The number of thioether (sulfide) groups is 1. The average molecular weight is 274 g/mol. The zero-order chi connectivity index (χ0) is 13.5. The number of halogens is 1. The number of Topliss-reactive ketones (excluding diaryl/α,β-unsaturated/α-hetero) is 1. The first-order valence-corrected chi connectivity index (χ1v) is 6.47. The molecule has 0 radical (unpaired) electrons. The number of aliphatic hydroxyl groups excluding tert-OH is 2. The van der Waals surface area contributed by atoms with E-state index in [2.05, 4.69) is 0 Å². The van der Waals surface area contributed by atoms with Crippen molar-refractivity contribution >= 4 is 17.5 Å². The van der Waals surface area contributed by atoms with E-state index in [4.69, 9.17) is 14.9 Å². The van der Waals surface area contributed by atoms with E-state index in [-0.39, 0.29) is 29.5 Å². The van der Waals surface area contributed by atoms with Crippen molar-refractivity contribution in [1.29, 1.82) is 0 Å². The Morgan fingerprint density at radius 3 is 2.89 bits per heavy atom. The first-order chi connectivity index (χ1) is 8.58. The van der Waals surface area contributed by atoms with Crippen molar-refractivity contribution in [3.63, 3.8) is 0 Å². The summed E-state index contributed by atoms with van der Waals surface area (Å²) in [6, 6.07) is 3.75. The van der Waals surface area contributed by atoms with Gasteiger partial charge in [0.05, 0.1) is 31.1 Å². The quantitative estimate of drug-likeness (QED) is 0.729. The van der Waals surface area contributed by atoms with Crippen LogP contribution >= 0.6 is 11.8 Å². The van der Waals surface area contributed by atoms with E-state index in [1.54, 1.807) is 0 Å². The predicted molar refractivity (Wildman–Crippen MR) is 67.7 cm³/mol. The van der Waals surface area contributed by atoms with Crippen LogP contribution in [0.4, 0.5) is 4.39 Å². The molecule has 0 heterocycles. The van der Waals surface area contributed by atoms with E-state index in [1.165, 1.54) is 31.0 Å². The van der Waals surface area contributed by atoms with Crippen molar-refractivity contribution in [2.24, 2.45) is 0 Å². The zero-order valence-corrected chi connectivity index (χ0v) is 10.7. The number of methoxy groups -OCH3 is 1. The second kappa shape index (κ2) is 7.35. The van der Waals surface area contributed by atoms with Gasteiger partial charge in [0.15, 0.2) is 5.78 Å². The van der Waals surface area contributed by atoms with Crippen LogP contribution in [-0.4, -0.2) is 47.3 Å². The highest BCUT2D eigenvalue weighted by atomic mass is 32.2. The number of carbonyl (C=O) groups excluding carboxylic acids is 1. The van der Waals surface area contributed by atoms with Crippen LogP contribution in [0.15, 0.2) is 18.2 Å². The number of rotatable bonds is 7. The molecule has 0 amide bonds. The number of hydrogen-bond donors (Lipinski definition) is 2. The minimum absolute atomic E-state index is 0.0941. The third kappa shape index (κ3) is 4.29. The molecule has 0 bridgehead atoms. The van der Waals surface area contributed by atoms with Crippen LogP contribution in [0.25, 0.3) is 0 Å². The molecule has 1 unspecified atom stereocenters. The summed E-state index contributed by atoms with van der Waals surface area (Å²) in [5.41, 5.74) is 0.184. The second-order valence-corrected chi connectivity index (χ2v) is 4.65. The lowest BCUT2D eigenvalue weighted by atomic mass is 10.1. The highest BCUT2D eigenvalue weighted by molar-refractivity contribution is 8.00. The Bertz CT molecular complexity index is 411. The van der Waals surface area contributed by atoms with Crippen LogP contribution in [-0.2, 0) is 0 Å². The first-order valence-electron chi connectivity index (χ1n) is 5.32. The zero-order valence-electron chi connectivity index (χ0n) is 9.93. The van der Waals surface area contributed by atoms with Crippen LogP contribution in [0.3, 0.4) is 0 Å². The van der Waals surface area contributed by atoms with Gasteiger partial charge in [0.25, 0.3) is 0 Å². The van der Waals surface area contributed by atoms with Gasteiger partial charge >= 0.3 is 0 Å². The molecular formula is C12H15FO4S. The molecule has 0 aliphatic heterocycles. The fourth-order valence-electron chi connectivity index (χ4n) is 1.32. The Kier molecular flexibility index (Phi) is 6.11. The minimum Gasteiger partial charge on any atom is -0.496 e.